The molecule has 0 aliphatic carbocycles. The Morgan fingerprint density at radius 2 is 1.84 bits per heavy atom. The van der Waals surface area contributed by atoms with Gasteiger partial charge in [0.2, 0.25) is 0 Å². The molecule has 0 saturated carbocycles. The van der Waals surface area contributed by atoms with E-state index in [0.29, 0.717) is 27.1 Å². The second-order valence-corrected chi connectivity index (χ2v) is 10.4. The highest BCUT2D eigenvalue weighted by Crippen LogP contribution is 2.38. The number of anilines is 1. The van der Waals surface area contributed by atoms with Crippen LogP contribution >= 0.6 is 15.9 Å². The minimum atomic E-state index is -3.88. The van der Waals surface area contributed by atoms with Crippen molar-refractivity contribution in [2.75, 3.05) is 11.8 Å². The number of fused-ring (bicyclic) bond motifs is 1. The number of ether oxygens (including phenoxy) is 1. The normalized spacial score (nSPS) is 12.6. The van der Waals surface area contributed by atoms with Crippen LogP contribution in [0.5, 0.6) is 5.75 Å². The Balaban J connectivity index is 1.83. The summed E-state index contributed by atoms with van der Waals surface area (Å²) in [6.07, 6.45) is 1.35. The zero-order valence-electron chi connectivity index (χ0n) is 16.1. The van der Waals surface area contributed by atoms with Crippen molar-refractivity contribution in [2.24, 2.45) is 0 Å². The minimum absolute atomic E-state index is 0.0133. The van der Waals surface area contributed by atoms with Crippen LogP contribution in [0.25, 0.3) is 10.8 Å². The highest BCUT2D eigenvalue weighted by Gasteiger charge is 2.21. The summed E-state index contributed by atoms with van der Waals surface area (Å²) in [5.41, 5.74) is 0.291. The Hall–Kier alpha value is -2.83. The number of nitrogens with zero attached hydrogens (tertiary/aromatic N) is 4. The maximum absolute atomic E-state index is 13.1. The van der Waals surface area contributed by atoms with Crippen LogP contribution in [-0.4, -0.2) is 39.9 Å². The second kappa shape index (κ2) is 8.73. The van der Waals surface area contributed by atoms with E-state index in [9.17, 15) is 12.6 Å². The summed E-state index contributed by atoms with van der Waals surface area (Å²) in [6.45, 7) is 0. The van der Waals surface area contributed by atoms with Crippen molar-refractivity contribution in [3.63, 3.8) is 0 Å². The lowest BCUT2D eigenvalue weighted by Crippen LogP contribution is -2.14. The van der Waals surface area contributed by atoms with Crippen LogP contribution in [0, 0.1) is 0 Å². The van der Waals surface area contributed by atoms with Gasteiger partial charge in [-0.2, -0.15) is 0 Å². The van der Waals surface area contributed by atoms with E-state index in [-0.39, 0.29) is 10.8 Å². The summed E-state index contributed by atoms with van der Waals surface area (Å²) in [4.78, 5) is 0.428. The molecule has 0 bridgehead atoms. The minimum Gasteiger partial charge on any atom is -0.495 e. The van der Waals surface area contributed by atoms with E-state index >= 15 is 0 Å². The molecule has 4 rings (SSSR count). The maximum atomic E-state index is 13.1. The lowest BCUT2D eigenvalue weighted by atomic mass is 10.1. The molecular weight excluding hydrogens is 506 g/mol. The van der Waals surface area contributed by atoms with Gasteiger partial charge in [-0.05, 0) is 40.8 Å². The van der Waals surface area contributed by atoms with Crippen molar-refractivity contribution in [2.45, 2.75) is 15.7 Å². The van der Waals surface area contributed by atoms with Crippen molar-refractivity contribution in [1.29, 1.82) is 0 Å². The van der Waals surface area contributed by atoms with E-state index in [4.69, 9.17) is 4.74 Å². The summed E-state index contributed by atoms with van der Waals surface area (Å²) in [6, 6.07) is 14.9. The Kier molecular flexibility index (Phi) is 6.03. The smallest absolute Gasteiger partial charge is 0.261 e. The molecule has 0 aliphatic heterocycles. The van der Waals surface area contributed by atoms with Crippen molar-refractivity contribution in [1.82, 2.24) is 20.2 Å². The molecule has 12 heteroatoms. The number of aromatic nitrogens is 4. The zero-order chi connectivity index (χ0) is 22.0. The topological polar surface area (TPSA) is 116 Å². The van der Waals surface area contributed by atoms with E-state index in [1.165, 1.54) is 36.3 Å². The number of methoxy groups -OCH3 is 1. The third-order valence-electron chi connectivity index (χ3n) is 4.42. The Morgan fingerprint density at radius 1 is 1.13 bits per heavy atom. The molecule has 3 aromatic carbocycles. The monoisotopic (exact) mass is 521 g/mol. The molecule has 0 spiro atoms. The molecule has 9 nitrogen and oxygen atoms in total. The molecule has 31 heavy (non-hydrogen) atoms. The quantitative estimate of drug-likeness (QED) is 0.396. The number of benzene rings is 3. The van der Waals surface area contributed by atoms with Gasteiger partial charge in [0.25, 0.3) is 10.0 Å². The van der Waals surface area contributed by atoms with Gasteiger partial charge in [-0.25, -0.2) is 13.1 Å². The number of tetrazole rings is 1. The average Bonchev–Trinajstić information content (AvgIpc) is 3.26. The van der Waals surface area contributed by atoms with Gasteiger partial charge in [0.1, 0.15) is 18.0 Å². The molecule has 1 aromatic heterocycles. The molecule has 0 aliphatic rings. The Bertz CT molecular complexity index is 1360. The van der Waals surface area contributed by atoms with Gasteiger partial charge in [-0.3, -0.25) is 8.93 Å². The molecule has 0 amide bonds. The summed E-state index contributed by atoms with van der Waals surface area (Å²) >= 11 is 3.30. The van der Waals surface area contributed by atoms with Crippen LogP contribution in [0.2, 0.25) is 0 Å². The summed E-state index contributed by atoms with van der Waals surface area (Å²) < 4.78 is 49.3. The average molecular weight is 522 g/mol. The lowest BCUT2D eigenvalue weighted by Gasteiger charge is -2.17. The molecule has 0 fully saturated rings. The number of rotatable bonds is 7. The highest BCUT2D eigenvalue weighted by molar-refractivity contribution is 9.10. The first-order valence-corrected chi connectivity index (χ1v) is 12.5. The lowest BCUT2D eigenvalue weighted by molar-refractivity contribution is 0.409. The molecule has 1 unspecified atom stereocenters. The van der Waals surface area contributed by atoms with E-state index in [1.54, 1.807) is 36.4 Å². The highest BCUT2D eigenvalue weighted by atomic mass is 79.9. The second-order valence-electron chi connectivity index (χ2n) is 6.38. The molecule has 1 atom stereocenters. The van der Waals surface area contributed by atoms with Crippen molar-refractivity contribution in [3.05, 3.63) is 65.4 Å². The first-order valence-electron chi connectivity index (χ1n) is 8.86. The first-order chi connectivity index (χ1) is 14.9. The number of halogens is 1. The van der Waals surface area contributed by atoms with Gasteiger partial charge >= 0.3 is 0 Å². The molecule has 160 valence electrons. The number of nitrogens with one attached hydrogen (secondary N) is 1. The molecule has 4 aromatic rings. The SMILES string of the molecule is COc1c(S(=O)Cn2cnnn2)cc(NS(=O)(=O)c2ccc(Br)cc2)c2ccccc12. The van der Waals surface area contributed by atoms with E-state index in [0.717, 1.165) is 4.47 Å². The predicted octanol–water partition coefficient (Wildman–Crippen LogP) is 3.16. The number of hydrogen-bond acceptors (Lipinski definition) is 7. The fourth-order valence-electron chi connectivity index (χ4n) is 3.03. The first kappa shape index (κ1) is 21.4. The van der Waals surface area contributed by atoms with Crippen LogP contribution in [0.15, 0.2) is 75.2 Å². The molecular formula is C19H16BrN5O4S2. The third kappa shape index (κ3) is 4.45. The largest absolute Gasteiger partial charge is 0.495 e. The van der Waals surface area contributed by atoms with Gasteiger partial charge < -0.3 is 4.74 Å². The number of sulfonamides is 1. The van der Waals surface area contributed by atoms with Crippen LogP contribution in [0.3, 0.4) is 0 Å². The van der Waals surface area contributed by atoms with Crippen LogP contribution in [0.1, 0.15) is 0 Å². The van der Waals surface area contributed by atoms with Gasteiger partial charge in [0.05, 0.1) is 33.4 Å². The van der Waals surface area contributed by atoms with Crippen LogP contribution in [0.4, 0.5) is 5.69 Å². The molecule has 1 heterocycles. The Labute approximate surface area is 189 Å². The van der Waals surface area contributed by atoms with Crippen molar-refractivity contribution < 1.29 is 17.4 Å². The summed E-state index contributed by atoms with van der Waals surface area (Å²) in [7, 11) is -4.02. The van der Waals surface area contributed by atoms with Gasteiger partial charge in [0.15, 0.2) is 0 Å². The third-order valence-corrected chi connectivity index (χ3v) is 7.62. The fourth-order valence-corrected chi connectivity index (χ4v) is 5.52. The zero-order valence-corrected chi connectivity index (χ0v) is 19.3. The van der Waals surface area contributed by atoms with Crippen molar-refractivity contribution in [3.8, 4) is 5.75 Å². The van der Waals surface area contributed by atoms with Gasteiger partial charge in [-0.1, -0.05) is 40.2 Å². The predicted molar refractivity (Wildman–Crippen MR) is 120 cm³/mol. The Morgan fingerprint density at radius 3 is 2.48 bits per heavy atom. The van der Waals surface area contributed by atoms with E-state index in [2.05, 4.69) is 36.2 Å². The maximum Gasteiger partial charge on any atom is 0.261 e. The van der Waals surface area contributed by atoms with Crippen molar-refractivity contribution >= 4 is 53.2 Å². The van der Waals surface area contributed by atoms with Crippen LogP contribution < -0.4 is 9.46 Å². The van der Waals surface area contributed by atoms with Gasteiger partial charge in [0, 0.05) is 15.2 Å². The molecule has 0 saturated heterocycles. The molecule has 0 radical (unpaired) electrons. The number of hydrogen-bond donors (Lipinski definition) is 1. The standard InChI is InChI=1S/C19H16BrN5O4S2/c1-29-19-16-5-3-2-4-15(16)17(10-18(19)30(26)12-25-11-21-23-24-25)22-31(27,28)14-8-6-13(20)7-9-14/h2-11,22H,12H2,1H3. The fraction of sp³-hybridized carbons (Fsp3) is 0.105. The summed E-state index contributed by atoms with van der Waals surface area (Å²) in [5, 5.41) is 12.1. The van der Waals surface area contributed by atoms with E-state index < -0.39 is 20.8 Å². The summed E-state index contributed by atoms with van der Waals surface area (Å²) in [5.74, 6) is 0.384. The van der Waals surface area contributed by atoms with E-state index in [1.807, 2.05) is 0 Å². The van der Waals surface area contributed by atoms with Crippen LogP contribution in [-0.2, 0) is 26.7 Å². The van der Waals surface area contributed by atoms with Gasteiger partial charge in [-0.15, -0.1) is 5.10 Å². The molecule has 1 N–H and O–H groups in total.